The topological polar surface area (TPSA) is 26.0 Å². The van der Waals surface area contributed by atoms with Gasteiger partial charge >= 0.3 is 0 Å². The number of rotatable bonds is 7. The third-order valence-corrected chi connectivity index (χ3v) is 2.42. The Balaban J connectivity index is 2.21. The van der Waals surface area contributed by atoms with E-state index >= 15 is 0 Å². The summed E-state index contributed by atoms with van der Waals surface area (Å²) in [6, 6.07) is 0. The van der Waals surface area contributed by atoms with Gasteiger partial charge in [0.15, 0.2) is 0 Å². The predicted molar refractivity (Wildman–Crippen MR) is 59.1 cm³/mol. The van der Waals surface area contributed by atoms with Crippen molar-refractivity contribution in [3.8, 4) is 0 Å². The molecule has 0 bridgehead atoms. The van der Waals surface area contributed by atoms with Crippen LogP contribution in [-0.2, 0) is 6.42 Å². The first-order valence-electron chi connectivity index (χ1n) is 5.44. The number of hydrogen-bond acceptors (Lipinski definition) is 2. The van der Waals surface area contributed by atoms with E-state index in [1.807, 2.05) is 0 Å². The van der Waals surface area contributed by atoms with Gasteiger partial charge in [0, 0.05) is 5.56 Å². The van der Waals surface area contributed by atoms with E-state index in [-0.39, 0.29) is 0 Å². The predicted octanol–water partition coefficient (Wildman–Crippen LogP) is 3.83. The molecule has 14 heavy (non-hydrogen) atoms. The summed E-state index contributed by atoms with van der Waals surface area (Å²) < 4.78 is 4.89. The highest BCUT2D eigenvalue weighted by Crippen LogP contribution is 2.13. The zero-order valence-corrected chi connectivity index (χ0v) is 8.96. The smallest absolute Gasteiger partial charge is 0.127 e. The maximum absolute atomic E-state index is 4.89. The van der Waals surface area contributed by atoms with Crippen molar-refractivity contribution in [3.63, 3.8) is 0 Å². The van der Waals surface area contributed by atoms with Gasteiger partial charge in [-0.3, -0.25) is 0 Å². The normalized spacial score (nSPS) is 10.4. The molecule has 2 heteroatoms. The molecule has 0 radical (unpaired) electrons. The fourth-order valence-corrected chi connectivity index (χ4v) is 1.54. The van der Waals surface area contributed by atoms with E-state index in [4.69, 9.17) is 4.52 Å². The molecule has 0 amide bonds. The second-order valence-electron chi connectivity index (χ2n) is 3.59. The van der Waals surface area contributed by atoms with Crippen LogP contribution in [0.5, 0.6) is 0 Å². The molecule has 0 N–H and O–H groups in total. The van der Waals surface area contributed by atoms with Gasteiger partial charge in [-0.15, -0.1) is 0 Å². The van der Waals surface area contributed by atoms with E-state index in [2.05, 4.69) is 18.7 Å². The van der Waals surface area contributed by atoms with Crippen LogP contribution in [0.2, 0.25) is 0 Å². The van der Waals surface area contributed by atoms with E-state index < -0.39 is 0 Å². The van der Waals surface area contributed by atoms with Gasteiger partial charge in [0.25, 0.3) is 0 Å². The Labute approximate surface area is 86.0 Å². The van der Waals surface area contributed by atoms with Crippen LogP contribution in [-0.4, -0.2) is 5.16 Å². The van der Waals surface area contributed by atoms with Crippen LogP contribution >= 0.6 is 0 Å². The lowest BCUT2D eigenvalue weighted by Crippen LogP contribution is -1.86. The Morgan fingerprint density at radius 3 is 2.86 bits per heavy atom. The summed E-state index contributed by atoms with van der Waals surface area (Å²) in [5.41, 5.74) is 2.09. The van der Waals surface area contributed by atoms with Crippen LogP contribution in [0.1, 0.15) is 50.3 Å². The fourth-order valence-electron chi connectivity index (χ4n) is 1.54. The number of unbranched alkanes of at least 4 members (excludes halogenated alkanes) is 4. The molecular weight excluding hydrogens is 174 g/mol. The summed E-state index contributed by atoms with van der Waals surface area (Å²) in [6.45, 7) is 5.93. The average Bonchev–Trinajstić information content (AvgIpc) is 2.65. The first kappa shape index (κ1) is 11.0. The van der Waals surface area contributed by atoms with Crippen molar-refractivity contribution < 1.29 is 4.52 Å². The van der Waals surface area contributed by atoms with Gasteiger partial charge in [0.1, 0.15) is 12.0 Å². The molecule has 0 atom stereocenters. The van der Waals surface area contributed by atoms with Crippen LogP contribution < -0.4 is 0 Å². The Bertz CT molecular complexity index is 265. The summed E-state index contributed by atoms with van der Waals surface area (Å²) in [5, 5.41) is 3.86. The molecule has 0 spiro atoms. The van der Waals surface area contributed by atoms with Crippen LogP contribution in [0.3, 0.4) is 0 Å². The van der Waals surface area contributed by atoms with Crippen molar-refractivity contribution in [2.75, 3.05) is 0 Å². The van der Waals surface area contributed by atoms with Gasteiger partial charge in [0.05, 0.1) is 0 Å². The summed E-state index contributed by atoms with van der Waals surface area (Å²) in [4.78, 5) is 0. The molecule has 1 aromatic rings. The van der Waals surface area contributed by atoms with E-state index in [0.29, 0.717) is 0 Å². The zero-order chi connectivity index (χ0) is 10.2. The van der Waals surface area contributed by atoms with Crippen molar-refractivity contribution in [1.82, 2.24) is 5.16 Å². The van der Waals surface area contributed by atoms with Crippen LogP contribution in [0.4, 0.5) is 0 Å². The molecule has 0 saturated carbocycles. The van der Waals surface area contributed by atoms with Crippen molar-refractivity contribution in [3.05, 3.63) is 24.1 Å². The van der Waals surface area contributed by atoms with Gasteiger partial charge in [-0.25, -0.2) is 0 Å². The van der Waals surface area contributed by atoms with Crippen LogP contribution in [0.25, 0.3) is 6.08 Å². The standard InChI is InChI=1S/C12H19NO/c1-3-5-6-7-8-9-11-10-14-13-12(11)4-2/h4,10H,2-3,5-9H2,1H3. The second kappa shape index (κ2) is 6.41. The molecule has 0 unspecified atom stereocenters. The molecule has 0 aliphatic heterocycles. The summed E-state index contributed by atoms with van der Waals surface area (Å²) in [6.07, 6.45) is 11.1. The van der Waals surface area contributed by atoms with Crippen LogP contribution in [0.15, 0.2) is 17.4 Å². The number of aryl methyl sites for hydroxylation is 1. The minimum Gasteiger partial charge on any atom is -0.364 e. The third kappa shape index (κ3) is 3.36. The summed E-state index contributed by atoms with van der Waals surface area (Å²) in [7, 11) is 0. The maximum Gasteiger partial charge on any atom is 0.127 e. The van der Waals surface area contributed by atoms with E-state index in [1.165, 1.54) is 37.7 Å². The van der Waals surface area contributed by atoms with Gasteiger partial charge in [-0.2, -0.15) is 0 Å². The van der Waals surface area contributed by atoms with Gasteiger partial charge < -0.3 is 4.52 Å². The van der Waals surface area contributed by atoms with Gasteiger partial charge in [-0.1, -0.05) is 44.3 Å². The average molecular weight is 193 g/mol. The van der Waals surface area contributed by atoms with E-state index in [1.54, 1.807) is 12.3 Å². The number of aromatic nitrogens is 1. The molecule has 0 aromatic carbocycles. The molecule has 78 valence electrons. The highest BCUT2D eigenvalue weighted by molar-refractivity contribution is 5.45. The Hall–Kier alpha value is -1.05. The van der Waals surface area contributed by atoms with Crippen molar-refractivity contribution >= 4 is 6.08 Å². The minimum absolute atomic E-state index is 0.903. The SMILES string of the molecule is C=Cc1nocc1CCCCCCC. The highest BCUT2D eigenvalue weighted by Gasteiger charge is 2.02. The lowest BCUT2D eigenvalue weighted by atomic mass is 10.1. The molecule has 2 nitrogen and oxygen atoms in total. The zero-order valence-electron chi connectivity index (χ0n) is 8.96. The first-order valence-corrected chi connectivity index (χ1v) is 5.44. The van der Waals surface area contributed by atoms with E-state index in [9.17, 15) is 0 Å². The molecule has 1 aromatic heterocycles. The molecule has 0 saturated heterocycles. The quantitative estimate of drug-likeness (QED) is 0.615. The number of nitrogens with zero attached hydrogens (tertiary/aromatic N) is 1. The Morgan fingerprint density at radius 2 is 2.14 bits per heavy atom. The molecule has 1 heterocycles. The van der Waals surface area contributed by atoms with Crippen molar-refractivity contribution in [2.24, 2.45) is 0 Å². The summed E-state index contributed by atoms with van der Waals surface area (Å²) >= 11 is 0. The van der Waals surface area contributed by atoms with Gasteiger partial charge in [-0.05, 0) is 18.9 Å². The van der Waals surface area contributed by atoms with E-state index in [0.717, 1.165) is 12.1 Å². The Morgan fingerprint density at radius 1 is 1.36 bits per heavy atom. The second-order valence-corrected chi connectivity index (χ2v) is 3.59. The molecule has 0 aliphatic carbocycles. The lowest BCUT2D eigenvalue weighted by Gasteiger charge is -1.98. The molecule has 0 aliphatic rings. The van der Waals surface area contributed by atoms with Crippen LogP contribution in [0, 0.1) is 0 Å². The fraction of sp³-hybridized carbons (Fsp3) is 0.583. The summed E-state index contributed by atoms with van der Waals surface area (Å²) in [5.74, 6) is 0. The van der Waals surface area contributed by atoms with Crippen molar-refractivity contribution in [2.45, 2.75) is 45.4 Å². The monoisotopic (exact) mass is 193 g/mol. The largest absolute Gasteiger partial charge is 0.364 e. The lowest BCUT2D eigenvalue weighted by molar-refractivity contribution is 0.417. The third-order valence-electron chi connectivity index (χ3n) is 2.42. The van der Waals surface area contributed by atoms with Crippen molar-refractivity contribution in [1.29, 1.82) is 0 Å². The molecular formula is C12H19NO. The number of hydrogen-bond donors (Lipinski definition) is 0. The molecule has 0 fully saturated rings. The highest BCUT2D eigenvalue weighted by atomic mass is 16.5. The minimum atomic E-state index is 0.903. The van der Waals surface area contributed by atoms with Gasteiger partial charge in [0.2, 0.25) is 0 Å². The first-order chi connectivity index (χ1) is 6.88. The maximum atomic E-state index is 4.89. The Kier molecular flexibility index (Phi) is 5.05. The molecule has 1 rings (SSSR count).